The zero-order valence-corrected chi connectivity index (χ0v) is 10.2. The molecule has 0 atom stereocenters. The second kappa shape index (κ2) is 4.91. The molecule has 0 saturated heterocycles. The Morgan fingerprint density at radius 3 is 2.19 bits per heavy atom. The molecular weight excluding hydrogens is 200 g/mol. The first kappa shape index (κ1) is 11.5. The van der Waals surface area contributed by atoms with E-state index in [1.807, 2.05) is 13.8 Å². The van der Waals surface area contributed by atoms with Gasteiger partial charge in [-0.1, -0.05) is 12.8 Å². The predicted molar refractivity (Wildman–Crippen MR) is 63.5 cm³/mol. The second-order valence-electron chi connectivity index (χ2n) is 4.69. The van der Waals surface area contributed by atoms with E-state index >= 15 is 0 Å². The average molecular weight is 220 g/mol. The third-order valence-corrected chi connectivity index (χ3v) is 3.52. The lowest BCUT2D eigenvalue weighted by molar-refractivity contribution is 0.298. The first-order valence-corrected chi connectivity index (χ1v) is 6.17. The van der Waals surface area contributed by atoms with Crippen molar-refractivity contribution in [3.05, 3.63) is 22.8 Å². The Labute approximate surface area is 96.9 Å². The molecule has 1 aromatic heterocycles. The summed E-state index contributed by atoms with van der Waals surface area (Å²) in [4.78, 5) is 9.22. The first-order chi connectivity index (χ1) is 7.72. The predicted octanol–water partition coefficient (Wildman–Crippen LogP) is 2.29. The third-order valence-electron chi connectivity index (χ3n) is 3.52. The lowest BCUT2D eigenvalue weighted by atomic mass is 10.0. The summed E-state index contributed by atoms with van der Waals surface area (Å²) in [7, 11) is 0. The molecule has 2 rings (SSSR count). The number of rotatable bonds is 3. The van der Waals surface area contributed by atoms with Gasteiger partial charge in [0.05, 0.1) is 0 Å². The van der Waals surface area contributed by atoms with Gasteiger partial charge in [0, 0.05) is 23.9 Å². The van der Waals surface area contributed by atoms with Gasteiger partial charge in [-0.3, -0.25) is 0 Å². The molecular formula is C13H20N2O. The molecule has 0 aliphatic heterocycles. The van der Waals surface area contributed by atoms with Crippen molar-refractivity contribution in [3.63, 3.8) is 0 Å². The highest BCUT2D eigenvalue weighted by Crippen LogP contribution is 2.32. The van der Waals surface area contributed by atoms with Crippen LogP contribution < -0.4 is 0 Å². The van der Waals surface area contributed by atoms with Crippen molar-refractivity contribution >= 4 is 0 Å². The van der Waals surface area contributed by atoms with E-state index in [0.717, 1.165) is 22.8 Å². The maximum atomic E-state index is 8.99. The molecule has 0 unspecified atom stereocenters. The average Bonchev–Trinajstić information content (AvgIpc) is 2.76. The van der Waals surface area contributed by atoms with E-state index in [1.165, 1.54) is 25.7 Å². The van der Waals surface area contributed by atoms with Crippen LogP contribution in [0.25, 0.3) is 0 Å². The van der Waals surface area contributed by atoms with Gasteiger partial charge >= 0.3 is 0 Å². The van der Waals surface area contributed by atoms with Crippen molar-refractivity contribution in [2.45, 2.75) is 51.9 Å². The van der Waals surface area contributed by atoms with E-state index in [2.05, 4.69) is 9.97 Å². The smallest absolute Gasteiger partial charge is 0.131 e. The van der Waals surface area contributed by atoms with Crippen LogP contribution in [0.15, 0.2) is 0 Å². The molecule has 0 aromatic carbocycles. The summed E-state index contributed by atoms with van der Waals surface area (Å²) >= 11 is 0. The van der Waals surface area contributed by atoms with Gasteiger partial charge in [0.2, 0.25) is 0 Å². The van der Waals surface area contributed by atoms with Crippen LogP contribution >= 0.6 is 0 Å². The highest BCUT2D eigenvalue weighted by molar-refractivity contribution is 5.25. The van der Waals surface area contributed by atoms with E-state index in [0.29, 0.717) is 12.3 Å². The van der Waals surface area contributed by atoms with Crippen molar-refractivity contribution in [3.8, 4) is 0 Å². The molecule has 1 aromatic rings. The minimum Gasteiger partial charge on any atom is -0.396 e. The van der Waals surface area contributed by atoms with Crippen molar-refractivity contribution in [1.29, 1.82) is 0 Å². The summed E-state index contributed by atoms with van der Waals surface area (Å²) in [6.45, 7) is 4.23. The molecule has 1 aliphatic carbocycles. The number of nitrogens with zero attached hydrogens (tertiary/aromatic N) is 2. The molecule has 3 heteroatoms. The quantitative estimate of drug-likeness (QED) is 0.850. The normalized spacial score (nSPS) is 16.9. The standard InChI is InChI=1S/C13H20N2O/c1-9-12(7-8-16)10(2)15-13(14-9)11-5-3-4-6-11/h11,16H,3-8H2,1-2H3. The molecule has 88 valence electrons. The lowest BCUT2D eigenvalue weighted by Crippen LogP contribution is -2.09. The minimum absolute atomic E-state index is 0.174. The molecule has 0 spiro atoms. The molecule has 0 bridgehead atoms. The Morgan fingerprint density at radius 1 is 1.12 bits per heavy atom. The number of aryl methyl sites for hydroxylation is 2. The van der Waals surface area contributed by atoms with E-state index < -0.39 is 0 Å². The van der Waals surface area contributed by atoms with E-state index in [9.17, 15) is 0 Å². The van der Waals surface area contributed by atoms with Crippen molar-refractivity contribution in [1.82, 2.24) is 9.97 Å². The Hall–Kier alpha value is -0.960. The summed E-state index contributed by atoms with van der Waals surface area (Å²) in [6, 6.07) is 0. The molecule has 1 N–H and O–H groups in total. The Bertz CT molecular complexity index is 347. The zero-order valence-electron chi connectivity index (χ0n) is 10.2. The Kier molecular flexibility index (Phi) is 3.54. The van der Waals surface area contributed by atoms with Crippen molar-refractivity contribution in [2.75, 3.05) is 6.61 Å². The highest BCUT2D eigenvalue weighted by atomic mass is 16.2. The van der Waals surface area contributed by atoms with Crippen LogP contribution in [-0.4, -0.2) is 21.7 Å². The van der Waals surface area contributed by atoms with E-state index in [-0.39, 0.29) is 6.61 Å². The molecule has 1 saturated carbocycles. The SMILES string of the molecule is Cc1nc(C2CCCC2)nc(C)c1CCO. The van der Waals surface area contributed by atoms with Gasteiger partial charge in [0.15, 0.2) is 0 Å². The largest absolute Gasteiger partial charge is 0.396 e. The molecule has 1 heterocycles. The third kappa shape index (κ3) is 2.24. The maximum Gasteiger partial charge on any atom is 0.131 e. The topological polar surface area (TPSA) is 46.0 Å². The molecule has 16 heavy (non-hydrogen) atoms. The minimum atomic E-state index is 0.174. The first-order valence-electron chi connectivity index (χ1n) is 6.17. The summed E-state index contributed by atoms with van der Waals surface area (Å²) < 4.78 is 0. The van der Waals surface area contributed by atoms with Gasteiger partial charge in [-0.25, -0.2) is 9.97 Å². The summed E-state index contributed by atoms with van der Waals surface area (Å²) in [6.07, 6.45) is 5.76. The van der Waals surface area contributed by atoms with Crippen LogP contribution in [0, 0.1) is 13.8 Å². The maximum absolute atomic E-state index is 8.99. The fourth-order valence-corrected chi connectivity index (χ4v) is 2.61. The summed E-state index contributed by atoms with van der Waals surface area (Å²) in [5.74, 6) is 1.59. The number of aliphatic hydroxyl groups is 1. The van der Waals surface area contributed by atoms with Gasteiger partial charge in [-0.2, -0.15) is 0 Å². The Balaban J connectivity index is 2.28. The van der Waals surface area contributed by atoms with Crippen molar-refractivity contribution < 1.29 is 5.11 Å². The van der Waals surface area contributed by atoms with Crippen LogP contribution in [0.2, 0.25) is 0 Å². The number of aliphatic hydroxyl groups excluding tert-OH is 1. The molecule has 1 fully saturated rings. The van der Waals surface area contributed by atoms with Gasteiger partial charge < -0.3 is 5.11 Å². The monoisotopic (exact) mass is 220 g/mol. The lowest BCUT2D eigenvalue weighted by Gasteiger charge is -2.13. The van der Waals surface area contributed by atoms with Crippen molar-refractivity contribution in [2.24, 2.45) is 0 Å². The summed E-state index contributed by atoms with van der Waals surface area (Å²) in [5, 5.41) is 8.99. The number of hydrogen-bond donors (Lipinski definition) is 1. The molecule has 3 nitrogen and oxygen atoms in total. The highest BCUT2D eigenvalue weighted by Gasteiger charge is 2.21. The van der Waals surface area contributed by atoms with Gasteiger partial charge in [0.1, 0.15) is 5.82 Å². The number of aromatic nitrogens is 2. The van der Waals surface area contributed by atoms with Crippen LogP contribution in [0.4, 0.5) is 0 Å². The van der Waals surface area contributed by atoms with Crippen LogP contribution in [0.3, 0.4) is 0 Å². The molecule has 0 amide bonds. The number of hydrogen-bond acceptors (Lipinski definition) is 3. The van der Waals surface area contributed by atoms with Gasteiger partial charge in [0.25, 0.3) is 0 Å². The Morgan fingerprint density at radius 2 is 1.69 bits per heavy atom. The zero-order chi connectivity index (χ0) is 11.5. The fraction of sp³-hybridized carbons (Fsp3) is 0.692. The van der Waals surface area contributed by atoms with E-state index in [1.54, 1.807) is 0 Å². The van der Waals surface area contributed by atoms with Crippen LogP contribution in [-0.2, 0) is 6.42 Å². The van der Waals surface area contributed by atoms with Crippen LogP contribution in [0.1, 0.15) is 54.4 Å². The second-order valence-corrected chi connectivity index (χ2v) is 4.69. The van der Waals surface area contributed by atoms with Gasteiger partial charge in [-0.05, 0) is 38.7 Å². The summed E-state index contributed by atoms with van der Waals surface area (Å²) in [5.41, 5.74) is 3.20. The fourth-order valence-electron chi connectivity index (χ4n) is 2.61. The van der Waals surface area contributed by atoms with Crippen LogP contribution in [0.5, 0.6) is 0 Å². The molecule has 1 aliphatic rings. The van der Waals surface area contributed by atoms with Gasteiger partial charge in [-0.15, -0.1) is 0 Å². The van der Waals surface area contributed by atoms with E-state index in [4.69, 9.17) is 5.11 Å². The molecule has 0 radical (unpaired) electrons.